The van der Waals surface area contributed by atoms with Gasteiger partial charge in [0.05, 0.1) is 14.2 Å². The van der Waals surface area contributed by atoms with Crippen molar-refractivity contribution in [3.63, 3.8) is 0 Å². The number of ether oxygens (including phenoxy) is 2. The highest BCUT2D eigenvalue weighted by Gasteiger charge is 2.21. The SMILES string of the molecule is COc1cccc(CNC(=O)N2CCc3sccc3C2)c1OC. The van der Waals surface area contributed by atoms with Gasteiger partial charge in [0.15, 0.2) is 11.5 Å². The number of carbonyl (C=O) groups is 1. The maximum absolute atomic E-state index is 12.4. The van der Waals surface area contributed by atoms with Crippen LogP contribution < -0.4 is 14.8 Å². The van der Waals surface area contributed by atoms with Crippen molar-refractivity contribution in [1.29, 1.82) is 0 Å². The van der Waals surface area contributed by atoms with Crippen molar-refractivity contribution in [3.05, 3.63) is 45.6 Å². The summed E-state index contributed by atoms with van der Waals surface area (Å²) in [6, 6.07) is 7.71. The molecular weight excluding hydrogens is 312 g/mol. The molecule has 0 spiro atoms. The molecule has 0 unspecified atom stereocenters. The lowest BCUT2D eigenvalue weighted by Crippen LogP contribution is -2.42. The normalized spacial score (nSPS) is 13.4. The molecular formula is C17H20N2O3S. The third-order valence-corrected chi connectivity index (χ3v) is 5.03. The standard InChI is InChI=1S/C17H20N2O3S/c1-21-14-5-3-4-12(16(14)22-2)10-18-17(20)19-8-6-15-13(11-19)7-9-23-15/h3-5,7,9H,6,8,10-11H2,1-2H3,(H,18,20). The van der Waals surface area contributed by atoms with Crippen LogP contribution in [0, 0.1) is 0 Å². The van der Waals surface area contributed by atoms with Gasteiger partial charge >= 0.3 is 6.03 Å². The van der Waals surface area contributed by atoms with E-state index in [9.17, 15) is 4.79 Å². The topological polar surface area (TPSA) is 50.8 Å². The largest absolute Gasteiger partial charge is 0.493 e. The fourth-order valence-corrected chi connectivity index (χ4v) is 3.69. The molecule has 1 N–H and O–H groups in total. The van der Waals surface area contributed by atoms with Gasteiger partial charge in [0.1, 0.15) is 0 Å². The predicted molar refractivity (Wildman–Crippen MR) is 90.2 cm³/mol. The summed E-state index contributed by atoms with van der Waals surface area (Å²) < 4.78 is 10.7. The maximum atomic E-state index is 12.4. The number of para-hydroxylation sites is 1. The van der Waals surface area contributed by atoms with Crippen LogP contribution in [0.1, 0.15) is 16.0 Å². The first-order chi connectivity index (χ1) is 11.2. The zero-order valence-electron chi connectivity index (χ0n) is 13.3. The maximum Gasteiger partial charge on any atom is 0.317 e. The lowest BCUT2D eigenvalue weighted by atomic mass is 10.1. The van der Waals surface area contributed by atoms with Crippen LogP contribution in [-0.2, 0) is 19.5 Å². The van der Waals surface area contributed by atoms with Gasteiger partial charge in [-0.1, -0.05) is 12.1 Å². The highest BCUT2D eigenvalue weighted by molar-refractivity contribution is 7.10. The zero-order chi connectivity index (χ0) is 16.2. The highest BCUT2D eigenvalue weighted by Crippen LogP contribution is 2.30. The molecule has 5 nitrogen and oxygen atoms in total. The first-order valence-corrected chi connectivity index (χ1v) is 8.38. The molecule has 2 amide bonds. The number of amides is 2. The second kappa shape index (κ2) is 6.91. The average Bonchev–Trinajstić information content (AvgIpc) is 3.06. The molecule has 0 bridgehead atoms. The van der Waals surface area contributed by atoms with Crippen molar-refractivity contribution in [1.82, 2.24) is 10.2 Å². The molecule has 0 saturated heterocycles. The van der Waals surface area contributed by atoms with Crippen molar-refractivity contribution < 1.29 is 14.3 Å². The predicted octanol–water partition coefficient (Wildman–Crippen LogP) is 3.03. The van der Waals surface area contributed by atoms with Crippen LogP contribution in [0.3, 0.4) is 0 Å². The van der Waals surface area contributed by atoms with Gasteiger partial charge in [0.2, 0.25) is 0 Å². The van der Waals surface area contributed by atoms with E-state index >= 15 is 0 Å². The number of thiophene rings is 1. The summed E-state index contributed by atoms with van der Waals surface area (Å²) in [5, 5.41) is 5.06. The van der Waals surface area contributed by atoms with E-state index in [2.05, 4.69) is 16.8 Å². The molecule has 1 aromatic carbocycles. The summed E-state index contributed by atoms with van der Waals surface area (Å²) in [6.45, 7) is 1.85. The molecule has 1 aromatic heterocycles. The molecule has 2 aromatic rings. The van der Waals surface area contributed by atoms with E-state index in [1.54, 1.807) is 25.6 Å². The fourth-order valence-electron chi connectivity index (χ4n) is 2.80. The van der Waals surface area contributed by atoms with Crippen LogP contribution >= 0.6 is 11.3 Å². The van der Waals surface area contributed by atoms with Crippen LogP contribution in [0.5, 0.6) is 11.5 Å². The number of carbonyl (C=O) groups excluding carboxylic acids is 1. The fraction of sp³-hybridized carbons (Fsp3) is 0.353. The summed E-state index contributed by atoms with van der Waals surface area (Å²) in [7, 11) is 3.21. The lowest BCUT2D eigenvalue weighted by molar-refractivity contribution is 0.192. The lowest BCUT2D eigenvalue weighted by Gasteiger charge is -2.27. The van der Waals surface area contributed by atoms with Gasteiger partial charge in [-0.25, -0.2) is 4.79 Å². The van der Waals surface area contributed by atoms with Crippen molar-refractivity contribution in [2.45, 2.75) is 19.5 Å². The monoisotopic (exact) mass is 332 g/mol. The molecule has 23 heavy (non-hydrogen) atoms. The average molecular weight is 332 g/mol. The van der Waals surface area contributed by atoms with Crippen LogP contribution in [0.2, 0.25) is 0 Å². The number of rotatable bonds is 4. The van der Waals surface area contributed by atoms with Gasteiger partial charge in [-0.3, -0.25) is 0 Å². The molecule has 122 valence electrons. The summed E-state index contributed by atoms with van der Waals surface area (Å²) in [4.78, 5) is 15.6. The van der Waals surface area contributed by atoms with E-state index in [-0.39, 0.29) is 6.03 Å². The Morgan fingerprint density at radius 2 is 2.17 bits per heavy atom. The number of nitrogens with zero attached hydrogens (tertiary/aromatic N) is 1. The van der Waals surface area contributed by atoms with E-state index in [0.717, 1.165) is 18.5 Å². The second-order valence-corrected chi connectivity index (χ2v) is 6.35. The van der Waals surface area contributed by atoms with E-state index in [0.29, 0.717) is 24.6 Å². The number of hydrogen-bond acceptors (Lipinski definition) is 4. The summed E-state index contributed by atoms with van der Waals surface area (Å²) in [6.07, 6.45) is 0.933. The summed E-state index contributed by atoms with van der Waals surface area (Å²) in [5.41, 5.74) is 2.16. The van der Waals surface area contributed by atoms with Crippen LogP contribution in [-0.4, -0.2) is 31.7 Å². The number of urea groups is 1. The minimum Gasteiger partial charge on any atom is -0.493 e. The summed E-state index contributed by atoms with van der Waals surface area (Å²) in [5.74, 6) is 1.33. The molecule has 0 saturated carbocycles. The second-order valence-electron chi connectivity index (χ2n) is 5.35. The highest BCUT2D eigenvalue weighted by atomic mass is 32.1. The Labute approximate surface area is 139 Å². The number of hydrogen-bond donors (Lipinski definition) is 1. The minimum absolute atomic E-state index is 0.0493. The first-order valence-electron chi connectivity index (χ1n) is 7.50. The van der Waals surface area contributed by atoms with Gasteiger partial charge < -0.3 is 19.7 Å². The van der Waals surface area contributed by atoms with Crippen LogP contribution in [0.25, 0.3) is 0 Å². The van der Waals surface area contributed by atoms with E-state index in [1.807, 2.05) is 23.1 Å². The Bertz CT molecular complexity index is 699. The smallest absolute Gasteiger partial charge is 0.317 e. The molecule has 0 atom stereocenters. The Hall–Kier alpha value is -2.21. The van der Waals surface area contributed by atoms with Crippen LogP contribution in [0.4, 0.5) is 4.79 Å². The molecule has 0 fully saturated rings. The third-order valence-electron chi connectivity index (χ3n) is 4.01. The molecule has 6 heteroatoms. The van der Waals surface area contributed by atoms with Crippen molar-refractivity contribution in [3.8, 4) is 11.5 Å². The molecule has 0 radical (unpaired) electrons. The van der Waals surface area contributed by atoms with E-state index in [1.165, 1.54) is 10.4 Å². The molecule has 3 rings (SSSR count). The molecule has 1 aliphatic heterocycles. The number of nitrogens with one attached hydrogen (secondary N) is 1. The first kappa shape index (κ1) is 15.7. The van der Waals surface area contributed by atoms with E-state index < -0.39 is 0 Å². The van der Waals surface area contributed by atoms with Gasteiger partial charge in [0.25, 0.3) is 0 Å². The molecule has 1 aliphatic rings. The number of fused-ring (bicyclic) bond motifs is 1. The van der Waals surface area contributed by atoms with Crippen molar-refractivity contribution in [2.24, 2.45) is 0 Å². The third kappa shape index (κ3) is 3.27. The molecule has 0 aliphatic carbocycles. The van der Waals surface area contributed by atoms with Crippen molar-refractivity contribution >= 4 is 17.4 Å². The Morgan fingerprint density at radius 1 is 1.30 bits per heavy atom. The Balaban J connectivity index is 1.64. The number of methoxy groups -OCH3 is 2. The van der Waals surface area contributed by atoms with Gasteiger partial charge in [0, 0.05) is 30.1 Å². The van der Waals surface area contributed by atoms with Gasteiger partial charge in [-0.05, 0) is 29.5 Å². The zero-order valence-corrected chi connectivity index (χ0v) is 14.1. The quantitative estimate of drug-likeness (QED) is 0.936. The minimum atomic E-state index is -0.0493. The Kier molecular flexibility index (Phi) is 4.71. The van der Waals surface area contributed by atoms with Crippen LogP contribution in [0.15, 0.2) is 29.6 Å². The van der Waals surface area contributed by atoms with Gasteiger partial charge in [-0.15, -0.1) is 11.3 Å². The Morgan fingerprint density at radius 3 is 2.96 bits per heavy atom. The van der Waals surface area contributed by atoms with E-state index in [4.69, 9.17) is 9.47 Å². The number of benzene rings is 1. The van der Waals surface area contributed by atoms with Gasteiger partial charge in [-0.2, -0.15) is 0 Å². The summed E-state index contributed by atoms with van der Waals surface area (Å²) >= 11 is 1.77. The van der Waals surface area contributed by atoms with Crippen molar-refractivity contribution in [2.75, 3.05) is 20.8 Å². The molecule has 2 heterocycles.